The summed E-state index contributed by atoms with van der Waals surface area (Å²) in [5, 5.41) is 2.80. The van der Waals surface area contributed by atoms with Gasteiger partial charge in [0.05, 0.1) is 20.6 Å². The van der Waals surface area contributed by atoms with Crippen molar-refractivity contribution in [1.29, 1.82) is 0 Å². The molecule has 0 radical (unpaired) electrons. The van der Waals surface area contributed by atoms with Crippen molar-refractivity contribution in [3.05, 3.63) is 47.2 Å². The van der Waals surface area contributed by atoms with E-state index in [1.54, 1.807) is 20.4 Å². The Balaban J connectivity index is 2.14. The van der Waals surface area contributed by atoms with Crippen molar-refractivity contribution in [2.45, 2.75) is 20.3 Å². The number of aryl methyl sites for hydroxylation is 2. The summed E-state index contributed by atoms with van der Waals surface area (Å²) in [7, 11) is 3.17. The highest BCUT2D eigenvalue weighted by Gasteiger charge is 2.12. The van der Waals surface area contributed by atoms with Gasteiger partial charge in [0.15, 0.2) is 11.5 Å². The van der Waals surface area contributed by atoms with E-state index < -0.39 is 0 Å². The van der Waals surface area contributed by atoms with E-state index in [-0.39, 0.29) is 12.3 Å². The first-order valence-corrected chi connectivity index (χ1v) is 6.97. The maximum atomic E-state index is 12.2. The first kappa shape index (κ1) is 15.8. The molecule has 0 aliphatic rings. The third-order valence-corrected chi connectivity index (χ3v) is 3.38. The Morgan fingerprint density at radius 1 is 1.14 bits per heavy atom. The summed E-state index contributed by atoms with van der Waals surface area (Å²) >= 11 is 0. The highest BCUT2D eigenvalue weighted by Crippen LogP contribution is 2.30. The van der Waals surface area contributed by atoms with Crippen LogP contribution in [-0.2, 0) is 11.2 Å². The Labute approximate surface area is 130 Å². The number of rotatable bonds is 5. The average molecular weight is 300 g/mol. The molecule has 1 amide bonds. The standard InChI is InChI=1S/C17H20N2O3/c1-11-5-6-18-16(7-11)19-17(20)10-13-9-15(22-4)14(21-3)8-12(13)2/h5-9H,10H2,1-4H3,(H,18,19,20). The molecule has 0 saturated heterocycles. The van der Waals surface area contributed by atoms with Crippen LogP contribution in [0.1, 0.15) is 16.7 Å². The molecule has 0 fully saturated rings. The van der Waals surface area contributed by atoms with Gasteiger partial charge in [-0.3, -0.25) is 4.79 Å². The molecule has 1 aromatic carbocycles. The Morgan fingerprint density at radius 2 is 1.82 bits per heavy atom. The van der Waals surface area contributed by atoms with Crippen molar-refractivity contribution in [3.8, 4) is 11.5 Å². The summed E-state index contributed by atoms with van der Waals surface area (Å²) < 4.78 is 10.5. The summed E-state index contributed by atoms with van der Waals surface area (Å²) in [6, 6.07) is 7.41. The molecule has 1 N–H and O–H groups in total. The maximum Gasteiger partial charge on any atom is 0.229 e. The topological polar surface area (TPSA) is 60.5 Å². The van der Waals surface area contributed by atoms with E-state index in [1.807, 2.05) is 38.1 Å². The smallest absolute Gasteiger partial charge is 0.229 e. The van der Waals surface area contributed by atoms with E-state index in [1.165, 1.54) is 0 Å². The van der Waals surface area contributed by atoms with Crippen molar-refractivity contribution in [2.75, 3.05) is 19.5 Å². The van der Waals surface area contributed by atoms with Gasteiger partial charge < -0.3 is 14.8 Å². The maximum absolute atomic E-state index is 12.2. The number of aromatic nitrogens is 1. The van der Waals surface area contributed by atoms with Crippen LogP contribution in [0.4, 0.5) is 5.82 Å². The molecule has 0 unspecified atom stereocenters. The van der Waals surface area contributed by atoms with Crippen molar-refractivity contribution >= 4 is 11.7 Å². The van der Waals surface area contributed by atoms with Crippen LogP contribution in [-0.4, -0.2) is 25.1 Å². The fourth-order valence-electron chi connectivity index (χ4n) is 2.18. The number of benzene rings is 1. The molecule has 0 atom stereocenters. The van der Waals surface area contributed by atoms with Crippen LogP contribution in [0.15, 0.2) is 30.5 Å². The van der Waals surface area contributed by atoms with Crippen LogP contribution in [0.25, 0.3) is 0 Å². The lowest BCUT2D eigenvalue weighted by Crippen LogP contribution is -2.16. The van der Waals surface area contributed by atoms with Crippen LogP contribution < -0.4 is 14.8 Å². The summed E-state index contributed by atoms with van der Waals surface area (Å²) in [6.07, 6.45) is 1.93. The number of nitrogens with zero attached hydrogens (tertiary/aromatic N) is 1. The van der Waals surface area contributed by atoms with Gasteiger partial charge in [-0.2, -0.15) is 0 Å². The molecule has 5 heteroatoms. The van der Waals surface area contributed by atoms with Gasteiger partial charge in [0, 0.05) is 6.20 Å². The van der Waals surface area contributed by atoms with Gasteiger partial charge in [0.2, 0.25) is 5.91 Å². The van der Waals surface area contributed by atoms with Gasteiger partial charge >= 0.3 is 0 Å². The molecule has 0 bridgehead atoms. The number of hydrogen-bond acceptors (Lipinski definition) is 4. The summed E-state index contributed by atoms with van der Waals surface area (Å²) in [4.78, 5) is 16.3. The van der Waals surface area contributed by atoms with Gasteiger partial charge in [0.1, 0.15) is 5.82 Å². The second-order valence-corrected chi connectivity index (χ2v) is 5.08. The van der Waals surface area contributed by atoms with Crippen molar-refractivity contribution in [3.63, 3.8) is 0 Å². The van der Waals surface area contributed by atoms with E-state index in [0.717, 1.165) is 16.7 Å². The number of pyridine rings is 1. The first-order valence-electron chi connectivity index (χ1n) is 6.97. The molecule has 0 saturated carbocycles. The molecule has 0 aliphatic carbocycles. The van der Waals surface area contributed by atoms with Gasteiger partial charge in [-0.05, 0) is 54.8 Å². The highest BCUT2D eigenvalue weighted by atomic mass is 16.5. The zero-order valence-electron chi connectivity index (χ0n) is 13.3. The first-order chi connectivity index (χ1) is 10.5. The highest BCUT2D eigenvalue weighted by molar-refractivity contribution is 5.91. The molecule has 1 heterocycles. The van der Waals surface area contributed by atoms with Crippen LogP contribution in [0.3, 0.4) is 0 Å². The monoisotopic (exact) mass is 300 g/mol. The number of nitrogens with one attached hydrogen (secondary N) is 1. The van der Waals surface area contributed by atoms with Gasteiger partial charge in [-0.1, -0.05) is 0 Å². The average Bonchev–Trinajstić information content (AvgIpc) is 2.48. The van der Waals surface area contributed by atoms with Gasteiger partial charge in [-0.25, -0.2) is 4.98 Å². The van der Waals surface area contributed by atoms with E-state index >= 15 is 0 Å². The molecule has 5 nitrogen and oxygen atoms in total. The SMILES string of the molecule is COc1cc(C)c(CC(=O)Nc2cc(C)ccn2)cc1OC. The summed E-state index contributed by atoms with van der Waals surface area (Å²) in [5.74, 6) is 1.71. The van der Waals surface area contributed by atoms with Crippen molar-refractivity contribution < 1.29 is 14.3 Å². The third-order valence-electron chi connectivity index (χ3n) is 3.38. The molecule has 0 spiro atoms. The van der Waals surface area contributed by atoms with Crippen LogP contribution >= 0.6 is 0 Å². The summed E-state index contributed by atoms with van der Waals surface area (Å²) in [5.41, 5.74) is 2.92. The van der Waals surface area contributed by atoms with E-state index in [4.69, 9.17) is 9.47 Å². The van der Waals surface area contributed by atoms with Crippen LogP contribution in [0.2, 0.25) is 0 Å². The zero-order chi connectivity index (χ0) is 16.1. The molecule has 1 aromatic heterocycles. The Hall–Kier alpha value is -2.56. The molecule has 0 aliphatic heterocycles. The minimum absolute atomic E-state index is 0.117. The summed E-state index contributed by atoms with van der Waals surface area (Å²) in [6.45, 7) is 3.89. The van der Waals surface area contributed by atoms with Gasteiger partial charge in [-0.15, -0.1) is 0 Å². The van der Waals surface area contributed by atoms with Crippen molar-refractivity contribution in [2.24, 2.45) is 0 Å². The second kappa shape index (κ2) is 6.93. The lowest BCUT2D eigenvalue weighted by Gasteiger charge is -2.12. The number of hydrogen-bond donors (Lipinski definition) is 1. The molecule has 116 valence electrons. The van der Waals surface area contributed by atoms with Crippen molar-refractivity contribution in [1.82, 2.24) is 4.98 Å². The molecule has 2 aromatic rings. The molecular formula is C17H20N2O3. The predicted molar refractivity (Wildman–Crippen MR) is 85.6 cm³/mol. The van der Waals surface area contributed by atoms with E-state index in [0.29, 0.717) is 17.3 Å². The second-order valence-electron chi connectivity index (χ2n) is 5.08. The Bertz CT molecular complexity index is 684. The number of anilines is 1. The number of carbonyl (C=O) groups excluding carboxylic acids is 1. The molecular weight excluding hydrogens is 280 g/mol. The van der Waals surface area contributed by atoms with Crippen LogP contribution in [0, 0.1) is 13.8 Å². The fourth-order valence-corrected chi connectivity index (χ4v) is 2.18. The lowest BCUT2D eigenvalue weighted by molar-refractivity contribution is -0.115. The van der Waals surface area contributed by atoms with Gasteiger partial charge in [0.25, 0.3) is 0 Å². The predicted octanol–water partition coefficient (Wildman–Crippen LogP) is 2.90. The van der Waals surface area contributed by atoms with E-state index in [2.05, 4.69) is 10.3 Å². The number of amides is 1. The lowest BCUT2D eigenvalue weighted by atomic mass is 10.0. The number of carbonyl (C=O) groups is 1. The van der Waals surface area contributed by atoms with Crippen LogP contribution in [0.5, 0.6) is 11.5 Å². The Morgan fingerprint density at radius 3 is 2.45 bits per heavy atom. The largest absolute Gasteiger partial charge is 0.493 e. The number of ether oxygens (including phenoxy) is 2. The minimum Gasteiger partial charge on any atom is -0.493 e. The quantitative estimate of drug-likeness (QED) is 0.922. The molecule has 2 rings (SSSR count). The Kier molecular flexibility index (Phi) is 4.99. The minimum atomic E-state index is -0.117. The van der Waals surface area contributed by atoms with E-state index in [9.17, 15) is 4.79 Å². The third kappa shape index (κ3) is 3.75. The molecule has 22 heavy (non-hydrogen) atoms. The number of methoxy groups -OCH3 is 2. The zero-order valence-corrected chi connectivity index (χ0v) is 13.3. The fraction of sp³-hybridized carbons (Fsp3) is 0.294. The normalized spacial score (nSPS) is 10.2.